The number of anilines is 1. The second-order valence-electron chi connectivity index (χ2n) is 2.36. The molecule has 0 aliphatic carbocycles. The molecular weight excluding hydrogens is 180 g/mol. The van der Waals surface area contributed by atoms with Gasteiger partial charge < -0.3 is 10.7 Å². The van der Waals surface area contributed by atoms with Crippen LogP contribution in [0, 0.1) is 0 Å². The monoisotopic (exact) mass is 188 g/mol. The molecule has 0 radical (unpaired) electrons. The van der Waals surface area contributed by atoms with Crippen molar-refractivity contribution in [2.75, 3.05) is 12.0 Å². The topological polar surface area (TPSA) is 93.0 Å². The van der Waals surface area contributed by atoms with Gasteiger partial charge in [0.05, 0.1) is 5.56 Å². The lowest BCUT2D eigenvalue weighted by Crippen LogP contribution is -2.13. The summed E-state index contributed by atoms with van der Waals surface area (Å²) in [6.45, 7) is 0. The predicted octanol–water partition coefficient (Wildman–Crippen LogP) is -0.218. The molecular formula is C6H8N2O3S. The molecule has 1 aromatic rings. The van der Waals surface area contributed by atoms with Crippen molar-refractivity contribution >= 4 is 20.8 Å². The molecule has 66 valence electrons. The number of sulfone groups is 1. The van der Waals surface area contributed by atoms with Gasteiger partial charge in [-0.2, -0.15) is 0 Å². The number of nitrogen functional groups attached to an aromatic ring is 1. The van der Waals surface area contributed by atoms with Gasteiger partial charge in [0, 0.05) is 12.5 Å². The van der Waals surface area contributed by atoms with Crippen molar-refractivity contribution in [1.29, 1.82) is 0 Å². The summed E-state index contributed by atoms with van der Waals surface area (Å²) in [5.74, 6) is 0.0745. The van der Waals surface area contributed by atoms with Gasteiger partial charge in [-0.05, 0) is 6.07 Å². The summed E-state index contributed by atoms with van der Waals surface area (Å²) in [4.78, 5) is 13.6. The van der Waals surface area contributed by atoms with Gasteiger partial charge in [0.1, 0.15) is 5.82 Å². The molecule has 3 N–H and O–H groups in total. The zero-order valence-corrected chi connectivity index (χ0v) is 7.18. The quantitative estimate of drug-likeness (QED) is 0.637. The first kappa shape index (κ1) is 8.79. The number of nitrogens with two attached hydrogens (primary N) is 1. The maximum absolute atomic E-state index is 11.1. The van der Waals surface area contributed by atoms with Crippen molar-refractivity contribution in [3.8, 4) is 0 Å². The van der Waals surface area contributed by atoms with Gasteiger partial charge in [-0.15, -0.1) is 0 Å². The average Bonchev–Trinajstić information content (AvgIpc) is 2.31. The van der Waals surface area contributed by atoms with E-state index in [9.17, 15) is 13.2 Å². The van der Waals surface area contributed by atoms with Crippen LogP contribution < -0.4 is 5.73 Å². The van der Waals surface area contributed by atoms with Crippen LogP contribution in [0.3, 0.4) is 0 Å². The Kier molecular flexibility index (Phi) is 1.93. The largest absolute Gasteiger partial charge is 0.385 e. The average molecular weight is 188 g/mol. The highest BCUT2D eigenvalue weighted by Crippen LogP contribution is 2.11. The van der Waals surface area contributed by atoms with Crippen molar-refractivity contribution in [2.24, 2.45) is 0 Å². The molecule has 0 bridgehead atoms. The Balaban J connectivity index is 3.19. The Morgan fingerprint density at radius 2 is 2.17 bits per heavy atom. The molecule has 0 spiro atoms. The van der Waals surface area contributed by atoms with E-state index in [1.807, 2.05) is 0 Å². The summed E-state index contributed by atoms with van der Waals surface area (Å²) in [6.07, 6.45) is 2.26. The summed E-state index contributed by atoms with van der Waals surface area (Å²) >= 11 is 0. The van der Waals surface area contributed by atoms with E-state index >= 15 is 0 Å². The number of carbonyl (C=O) groups is 1. The van der Waals surface area contributed by atoms with Crippen LogP contribution in [-0.2, 0) is 9.84 Å². The highest BCUT2D eigenvalue weighted by Gasteiger charge is 2.20. The van der Waals surface area contributed by atoms with Gasteiger partial charge in [0.25, 0.3) is 5.12 Å². The van der Waals surface area contributed by atoms with E-state index < -0.39 is 15.0 Å². The Labute approximate surface area is 69.5 Å². The van der Waals surface area contributed by atoms with Crippen LogP contribution in [0.5, 0.6) is 0 Å². The maximum Gasteiger partial charge on any atom is 0.280 e. The molecule has 1 heterocycles. The van der Waals surface area contributed by atoms with Gasteiger partial charge in [0.2, 0.25) is 9.84 Å². The lowest BCUT2D eigenvalue weighted by molar-refractivity contribution is 0.107. The number of aromatic nitrogens is 1. The fourth-order valence-electron chi connectivity index (χ4n) is 0.760. The second-order valence-corrected chi connectivity index (χ2v) is 4.28. The number of aromatic amines is 1. The molecule has 0 aliphatic heterocycles. The standard InChI is InChI=1S/C6H8N2O3S/c1-12(10,11)6(9)4-2-3-8-5(4)7/h2-3,8H,7H2,1H3. The summed E-state index contributed by atoms with van der Waals surface area (Å²) in [5, 5.41) is -0.957. The molecule has 0 atom stereocenters. The molecule has 12 heavy (non-hydrogen) atoms. The number of nitrogens with one attached hydrogen (secondary N) is 1. The number of carbonyl (C=O) groups excluding carboxylic acids is 1. The van der Waals surface area contributed by atoms with Gasteiger partial charge in [0.15, 0.2) is 0 Å². The van der Waals surface area contributed by atoms with Crippen LogP contribution in [0.4, 0.5) is 5.82 Å². The van der Waals surface area contributed by atoms with Crippen molar-refractivity contribution < 1.29 is 13.2 Å². The first-order valence-electron chi connectivity index (χ1n) is 3.10. The molecule has 0 saturated heterocycles. The van der Waals surface area contributed by atoms with Crippen LogP contribution in [0.2, 0.25) is 0 Å². The normalized spacial score (nSPS) is 11.4. The Morgan fingerprint density at radius 3 is 2.50 bits per heavy atom. The number of hydrogen-bond acceptors (Lipinski definition) is 4. The van der Waals surface area contributed by atoms with Crippen molar-refractivity contribution in [3.05, 3.63) is 17.8 Å². The molecule has 0 aromatic carbocycles. The van der Waals surface area contributed by atoms with Crippen molar-refractivity contribution in [1.82, 2.24) is 4.98 Å². The number of H-pyrrole nitrogens is 1. The third-order valence-corrected chi connectivity index (χ3v) is 2.23. The van der Waals surface area contributed by atoms with E-state index in [0.29, 0.717) is 0 Å². The van der Waals surface area contributed by atoms with E-state index in [4.69, 9.17) is 5.73 Å². The number of rotatable bonds is 1. The first-order valence-corrected chi connectivity index (χ1v) is 4.99. The van der Waals surface area contributed by atoms with E-state index in [1.54, 1.807) is 0 Å². The minimum Gasteiger partial charge on any atom is -0.385 e. The molecule has 0 fully saturated rings. The minimum absolute atomic E-state index is 0.00231. The second kappa shape index (κ2) is 2.63. The van der Waals surface area contributed by atoms with Crippen molar-refractivity contribution in [2.45, 2.75) is 0 Å². The smallest absolute Gasteiger partial charge is 0.280 e. The van der Waals surface area contributed by atoms with Gasteiger partial charge in [-0.1, -0.05) is 0 Å². The lowest BCUT2D eigenvalue weighted by Gasteiger charge is -1.94. The maximum atomic E-state index is 11.1. The molecule has 0 aliphatic rings. The Morgan fingerprint density at radius 1 is 1.58 bits per heavy atom. The van der Waals surface area contributed by atoms with E-state index in [1.165, 1.54) is 12.3 Å². The third kappa shape index (κ3) is 1.48. The Bertz CT molecular complexity index is 404. The first-order chi connectivity index (χ1) is 5.43. The molecule has 6 heteroatoms. The van der Waals surface area contributed by atoms with Gasteiger partial charge in [-0.3, -0.25) is 4.79 Å². The highest BCUT2D eigenvalue weighted by molar-refractivity contribution is 8.06. The zero-order chi connectivity index (χ0) is 9.35. The Hall–Kier alpha value is -1.30. The van der Waals surface area contributed by atoms with E-state index in [0.717, 1.165) is 6.26 Å². The van der Waals surface area contributed by atoms with Gasteiger partial charge in [-0.25, -0.2) is 8.42 Å². The molecule has 1 aromatic heterocycles. The SMILES string of the molecule is CS(=O)(=O)C(=O)c1cc[nH]c1N. The van der Waals surface area contributed by atoms with Crippen LogP contribution in [-0.4, -0.2) is 24.8 Å². The van der Waals surface area contributed by atoms with Crippen LogP contribution in [0.25, 0.3) is 0 Å². The van der Waals surface area contributed by atoms with Crippen LogP contribution in [0.15, 0.2) is 12.3 Å². The summed E-state index contributed by atoms with van der Waals surface area (Å²) in [5.41, 5.74) is 5.30. The number of hydrogen-bond donors (Lipinski definition) is 2. The van der Waals surface area contributed by atoms with Crippen LogP contribution >= 0.6 is 0 Å². The summed E-state index contributed by atoms with van der Waals surface area (Å²) in [6, 6.07) is 1.33. The molecule has 5 nitrogen and oxygen atoms in total. The summed E-state index contributed by atoms with van der Waals surface area (Å²) < 4.78 is 21.5. The molecule has 1 rings (SSSR count). The molecule has 0 amide bonds. The van der Waals surface area contributed by atoms with Gasteiger partial charge >= 0.3 is 0 Å². The minimum atomic E-state index is -3.69. The molecule has 0 saturated carbocycles. The zero-order valence-electron chi connectivity index (χ0n) is 6.37. The summed E-state index contributed by atoms with van der Waals surface area (Å²) in [7, 11) is -3.69. The molecule has 0 unspecified atom stereocenters. The fraction of sp³-hybridized carbons (Fsp3) is 0.167. The fourth-order valence-corrected chi connectivity index (χ4v) is 1.34. The van der Waals surface area contributed by atoms with Crippen LogP contribution in [0.1, 0.15) is 10.4 Å². The highest BCUT2D eigenvalue weighted by atomic mass is 32.2. The van der Waals surface area contributed by atoms with E-state index in [-0.39, 0.29) is 11.4 Å². The predicted molar refractivity (Wildman–Crippen MR) is 44.4 cm³/mol. The third-order valence-electron chi connectivity index (χ3n) is 1.34. The van der Waals surface area contributed by atoms with E-state index in [2.05, 4.69) is 4.98 Å². The van der Waals surface area contributed by atoms with Crippen molar-refractivity contribution in [3.63, 3.8) is 0 Å². The lowest BCUT2D eigenvalue weighted by atomic mass is 10.3.